The fourth-order valence-corrected chi connectivity index (χ4v) is 4.68. The second-order valence-corrected chi connectivity index (χ2v) is 8.91. The summed E-state index contributed by atoms with van der Waals surface area (Å²) in [6, 6.07) is 0. The molecule has 0 unspecified atom stereocenters. The monoisotopic (exact) mass is 449 g/mol. The van der Waals surface area contributed by atoms with E-state index < -0.39 is 11.7 Å². The molecule has 2 amide bonds. The van der Waals surface area contributed by atoms with E-state index in [1.807, 2.05) is 5.38 Å². The largest absolute Gasteiger partial charge is 0.350 e. The molecule has 168 valence electrons. The summed E-state index contributed by atoms with van der Waals surface area (Å²) in [5.74, 6) is -0.580. The molecule has 0 radical (unpaired) electrons. The zero-order valence-electron chi connectivity index (χ0n) is 17.6. The molecular formula is C21H28FN5O3S. The Balaban J connectivity index is 1.64. The zero-order chi connectivity index (χ0) is 22.2. The summed E-state index contributed by atoms with van der Waals surface area (Å²) in [6.45, 7) is 1.52. The number of nitrogens with zero attached hydrogens (tertiary/aromatic N) is 4. The zero-order valence-corrected chi connectivity index (χ0v) is 18.4. The van der Waals surface area contributed by atoms with Crippen LogP contribution in [0.15, 0.2) is 11.6 Å². The van der Waals surface area contributed by atoms with Crippen molar-refractivity contribution in [3.63, 3.8) is 0 Å². The first-order valence-electron chi connectivity index (χ1n) is 10.5. The summed E-state index contributed by atoms with van der Waals surface area (Å²) in [4.78, 5) is 36.2. The van der Waals surface area contributed by atoms with E-state index in [9.17, 15) is 19.2 Å². The van der Waals surface area contributed by atoms with Crippen molar-refractivity contribution in [2.45, 2.75) is 58.4 Å². The lowest BCUT2D eigenvalue weighted by Gasteiger charge is -2.22. The van der Waals surface area contributed by atoms with E-state index in [1.54, 1.807) is 13.1 Å². The maximum absolute atomic E-state index is 14.9. The molecule has 0 aromatic carbocycles. The van der Waals surface area contributed by atoms with Gasteiger partial charge in [-0.2, -0.15) is 0 Å². The number of aryl methyl sites for hydroxylation is 3. The van der Waals surface area contributed by atoms with Gasteiger partial charge in [0.05, 0.1) is 35.4 Å². The SMILES string of the molecule is Cc1nc(CCc2nccs2)c(F)c(CNC(=O)[C@H](CC2CCCC2)CN(O)C=O)n1. The molecule has 31 heavy (non-hydrogen) atoms. The third-order valence-corrected chi connectivity index (χ3v) is 6.42. The Morgan fingerprint density at radius 1 is 1.35 bits per heavy atom. The van der Waals surface area contributed by atoms with Crippen molar-refractivity contribution in [3.05, 3.63) is 39.6 Å². The fraction of sp³-hybridized carbons (Fsp3) is 0.571. The third-order valence-electron chi connectivity index (χ3n) is 5.58. The summed E-state index contributed by atoms with van der Waals surface area (Å²) in [7, 11) is 0. The van der Waals surface area contributed by atoms with E-state index in [2.05, 4.69) is 20.3 Å². The molecule has 8 nitrogen and oxygen atoms in total. The Morgan fingerprint density at radius 3 is 2.77 bits per heavy atom. The van der Waals surface area contributed by atoms with Crippen LogP contribution in [0.1, 0.15) is 54.3 Å². The minimum absolute atomic E-state index is 0.0774. The summed E-state index contributed by atoms with van der Waals surface area (Å²) >= 11 is 1.51. The van der Waals surface area contributed by atoms with Gasteiger partial charge < -0.3 is 5.32 Å². The maximum atomic E-state index is 14.9. The predicted octanol–water partition coefficient (Wildman–Crippen LogP) is 2.83. The topological polar surface area (TPSA) is 108 Å². The highest BCUT2D eigenvalue weighted by Crippen LogP contribution is 2.30. The van der Waals surface area contributed by atoms with Crippen molar-refractivity contribution >= 4 is 23.7 Å². The molecule has 0 aliphatic heterocycles. The normalized spacial score (nSPS) is 15.1. The number of hydrogen-bond acceptors (Lipinski definition) is 7. The number of carbonyl (C=O) groups excluding carboxylic acids is 2. The summed E-state index contributed by atoms with van der Waals surface area (Å²) in [5, 5.41) is 15.6. The van der Waals surface area contributed by atoms with Crippen LogP contribution in [0, 0.1) is 24.6 Å². The van der Waals surface area contributed by atoms with Crippen LogP contribution in [0.3, 0.4) is 0 Å². The average Bonchev–Trinajstić information content (AvgIpc) is 3.46. The molecule has 0 bridgehead atoms. The number of hydrogen-bond donors (Lipinski definition) is 2. The van der Waals surface area contributed by atoms with Gasteiger partial charge in [-0.05, 0) is 25.7 Å². The number of amides is 2. The van der Waals surface area contributed by atoms with Crippen LogP contribution in [-0.2, 0) is 29.0 Å². The molecule has 0 saturated heterocycles. The summed E-state index contributed by atoms with van der Waals surface area (Å²) < 4.78 is 14.9. The number of rotatable bonds is 11. The van der Waals surface area contributed by atoms with Crippen LogP contribution in [0.4, 0.5) is 4.39 Å². The van der Waals surface area contributed by atoms with Crippen molar-refractivity contribution in [2.75, 3.05) is 6.54 Å². The van der Waals surface area contributed by atoms with E-state index in [0.717, 1.165) is 30.7 Å². The van der Waals surface area contributed by atoms with Gasteiger partial charge in [-0.15, -0.1) is 11.3 Å². The smallest absolute Gasteiger partial charge is 0.233 e. The number of aromatic nitrogens is 3. The Labute approximate surface area is 184 Å². The molecule has 1 aliphatic carbocycles. The first-order chi connectivity index (χ1) is 15.0. The summed E-state index contributed by atoms with van der Waals surface area (Å²) in [5.41, 5.74) is 0.433. The molecule has 0 spiro atoms. The number of hydroxylamine groups is 2. The lowest BCUT2D eigenvalue weighted by atomic mass is 9.92. The minimum Gasteiger partial charge on any atom is -0.350 e. The van der Waals surface area contributed by atoms with Crippen molar-refractivity contribution in [1.29, 1.82) is 0 Å². The first kappa shape index (κ1) is 23.2. The molecule has 1 fully saturated rings. The third kappa shape index (κ3) is 6.76. The van der Waals surface area contributed by atoms with E-state index in [4.69, 9.17) is 0 Å². The van der Waals surface area contributed by atoms with E-state index in [0.29, 0.717) is 41.8 Å². The van der Waals surface area contributed by atoms with Crippen LogP contribution in [-0.4, -0.2) is 44.1 Å². The highest BCUT2D eigenvalue weighted by molar-refractivity contribution is 7.09. The van der Waals surface area contributed by atoms with Gasteiger partial charge in [0, 0.05) is 18.0 Å². The molecule has 10 heteroatoms. The number of halogens is 1. The molecule has 1 saturated carbocycles. The predicted molar refractivity (Wildman–Crippen MR) is 113 cm³/mol. The Hall–Kier alpha value is -2.46. The van der Waals surface area contributed by atoms with E-state index in [-0.39, 0.29) is 31.1 Å². The number of thiazole rings is 1. The first-order valence-corrected chi connectivity index (χ1v) is 11.4. The van der Waals surface area contributed by atoms with Gasteiger partial charge in [0.2, 0.25) is 12.3 Å². The standard InChI is InChI=1S/C21H28FN5O3S/c1-14-25-17(6-7-19-23-8-9-31-19)20(22)18(26-14)11-24-21(29)16(12-27(30)13-28)10-15-4-2-3-5-15/h8-9,13,15-16,30H,2-7,10-12H2,1H3,(H,24,29)/t16-/m1/s1. The van der Waals surface area contributed by atoms with Gasteiger partial charge in [-0.3, -0.25) is 14.8 Å². The van der Waals surface area contributed by atoms with Crippen molar-refractivity contribution in [2.24, 2.45) is 11.8 Å². The van der Waals surface area contributed by atoms with Crippen LogP contribution in [0.2, 0.25) is 0 Å². The maximum Gasteiger partial charge on any atom is 0.233 e. The van der Waals surface area contributed by atoms with Gasteiger partial charge >= 0.3 is 0 Å². The van der Waals surface area contributed by atoms with Gasteiger partial charge in [0.15, 0.2) is 5.82 Å². The van der Waals surface area contributed by atoms with Crippen molar-refractivity contribution in [3.8, 4) is 0 Å². The van der Waals surface area contributed by atoms with Gasteiger partial charge in [-0.25, -0.2) is 24.4 Å². The minimum atomic E-state index is -0.561. The number of carbonyl (C=O) groups is 2. The number of nitrogens with one attached hydrogen (secondary N) is 1. The van der Waals surface area contributed by atoms with Crippen LogP contribution in [0.5, 0.6) is 0 Å². The molecule has 1 aliphatic rings. The average molecular weight is 450 g/mol. The Kier molecular flexibility index (Phi) is 8.42. The lowest BCUT2D eigenvalue weighted by molar-refractivity contribution is -0.155. The molecule has 2 aromatic heterocycles. The molecule has 1 atom stereocenters. The second kappa shape index (κ2) is 11.2. The van der Waals surface area contributed by atoms with Crippen LogP contribution >= 0.6 is 11.3 Å². The van der Waals surface area contributed by atoms with Crippen LogP contribution in [0.25, 0.3) is 0 Å². The Morgan fingerprint density at radius 2 is 2.10 bits per heavy atom. The summed E-state index contributed by atoms with van der Waals surface area (Å²) in [6.07, 6.45) is 7.90. The van der Waals surface area contributed by atoms with Crippen molar-refractivity contribution < 1.29 is 19.2 Å². The molecule has 2 aromatic rings. The highest BCUT2D eigenvalue weighted by Gasteiger charge is 2.27. The van der Waals surface area contributed by atoms with E-state index in [1.165, 1.54) is 11.3 Å². The molecule has 2 heterocycles. The molecular weight excluding hydrogens is 421 g/mol. The molecule has 2 N–H and O–H groups in total. The quantitative estimate of drug-likeness (QED) is 0.310. The van der Waals surface area contributed by atoms with Gasteiger partial charge in [0.1, 0.15) is 5.82 Å². The van der Waals surface area contributed by atoms with Gasteiger partial charge in [-0.1, -0.05) is 25.7 Å². The van der Waals surface area contributed by atoms with E-state index >= 15 is 0 Å². The van der Waals surface area contributed by atoms with Gasteiger partial charge in [0.25, 0.3) is 0 Å². The molecule has 3 rings (SSSR count). The van der Waals surface area contributed by atoms with Crippen LogP contribution < -0.4 is 5.32 Å². The lowest BCUT2D eigenvalue weighted by Crippen LogP contribution is -2.38. The highest BCUT2D eigenvalue weighted by atomic mass is 32.1. The fourth-order valence-electron chi connectivity index (χ4n) is 4.06. The van der Waals surface area contributed by atoms with Crippen molar-refractivity contribution in [1.82, 2.24) is 25.3 Å². The Bertz CT molecular complexity index is 874. The second-order valence-electron chi connectivity index (χ2n) is 7.93.